The minimum atomic E-state index is 0.676. The van der Waals surface area contributed by atoms with Crippen molar-refractivity contribution >= 4 is 38.2 Å². The van der Waals surface area contributed by atoms with Gasteiger partial charge in [0.25, 0.3) is 0 Å². The maximum Gasteiger partial charge on any atom is 0.160 e. The Morgan fingerprint density at radius 1 is 0.387 bits per heavy atom. The van der Waals surface area contributed by atoms with Gasteiger partial charge in [0, 0.05) is 49.5 Å². The van der Waals surface area contributed by atoms with E-state index < -0.39 is 0 Å². The fraction of sp³-hybridized carbons (Fsp3) is 0. The first-order valence-electron chi connectivity index (χ1n) is 20.9. The lowest BCUT2D eigenvalue weighted by Crippen LogP contribution is -1.96. The van der Waals surface area contributed by atoms with Crippen molar-refractivity contribution in [1.82, 2.24) is 19.6 Å². The van der Waals surface area contributed by atoms with Crippen LogP contribution in [-0.4, -0.2) is 19.6 Å². The summed E-state index contributed by atoms with van der Waals surface area (Å²) in [7, 11) is 0. The Morgan fingerprint density at radius 3 is 1.63 bits per heavy atom. The van der Waals surface area contributed by atoms with Crippen molar-refractivity contribution in [1.29, 1.82) is 0 Å². The number of rotatable bonds is 7. The van der Waals surface area contributed by atoms with E-state index >= 15 is 0 Å². The molecule has 0 amide bonds. The molecule has 0 unspecified atom stereocenters. The van der Waals surface area contributed by atoms with Gasteiger partial charge < -0.3 is 4.42 Å². The van der Waals surface area contributed by atoms with Gasteiger partial charge >= 0.3 is 0 Å². The maximum absolute atomic E-state index is 6.21. The van der Waals surface area contributed by atoms with Crippen LogP contribution in [0.2, 0.25) is 0 Å². The van der Waals surface area contributed by atoms with E-state index in [1.165, 1.54) is 5.39 Å². The van der Waals surface area contributed by atoms with Crippen LogP contribution in [0.25, 0.3) is 117 Å². The number of hydrogen-bond donors (Lipinski definition) is 0. The van der Waals surface area contributed by atoms with Crippen molar-refractivity contribution < 1.29 is 4.42 Å². The monoisotopic (exact) mass is 792 g/mol. The summed E-state index contributed by atoms with van der Waals surface area (Å²) < 4.78 is 8.34. The number of nitrogens with zero attached hydrogens (tertiary/aromatic N) is 4. The zero-order valence-electron chi connectivity index (χ0n) is 33.5. The highest BCUT2D eigenvalue weighted by Crippen LogP contribution is 2.42. The van der Waals surface area contributed by atoms with Crippen molar-refractivity contribution in [3.05, 3.63) is 218 Å². The Labute approximate surface area is 357 Å². The van der Waals surface area contributed by atoms with Crippen LogP contribution in [0.5, 0.6) is 0 Å². The van der Waals surface area contributed by atoms with Crippen LogP contribution in [0.3, 0.4) is 0 Å². The number of furan rings is 1. The summed E-state index contributed by atoms with van der Waals surface area (Å²) >= 11 is 0. The lowest BCUT2D eigenvalue weighted by atomic mass is 9.95. The summed E-state index contributed by atoms with van der Waals surface area (Å²) in [4.78, 5) is 10.3. The molecule has 0 saturated carbocycles. The molecule has 12 rings (SSSR count). The Bertz CT molecular complexity index is 3590. The number of hydrogen-bond acceptors (Lipinski definition) is 4. The zero-order valence-corrected chi connectivity index (χ0v) is 33.5. The standard InChI is InChI=1S/C57H36N4O/c1-4-15-40(16-5-1)50-35-44-21-10-11-22-46(44)56-53(55(60-61(50)56)42-17-6-2-7-18-42)41-33-31-39(32-34-41)49-36-48(58-57(59-49)43-19-8-3-9-20-43)38-29-27-37(28-30-38)45-24-14-26-52-54(45)47-23-12-13-25-51(47)62-52/h1-36H. The lowest BCUT2D eigenvalue weighted by molar-refractivity contribution is 0.669. The van der Waals surface area contributed by atoms with Crippen LogP contribution in [0.4, 0.5) is 0 Å². The molecule has 0 aliphatic rings. The summed E-state index contributed by atoms with van der Waals surface area (Å²) in [5, 5.41) is 9.95. The molecule has 4 aromatic heterocycles. The van der Waals surface area contributed by atoms with E-state index in [0.29, 0.717) is 5.82 Å². The van der Waals surface area contributed by atoms with Crippen molar-refractivity contribution in [2.45, 2.75) is 0 Å². The van der Waals surface area contributed by atoms with Crippen molar-refractivity contribution in [2.75, 3.05) is 0 Å². The third-order valence-corrected chi connectivity index (χ3v) is 11.9. The summed E-state index contributed by atoms with van der Waals surface area (Å²) in [6.45, 7) is 0. The van der Waals surface area contributed by atoms with E-state index in [4.69, 9.17) is 19.5 Å². The molecule has 0 aliphatic carbocycles. The van der Waals surface area contributed by atoms with Gasteiger partial charge in [0.15, 0.2) is 5.82 Å². The molecule has 0 bridgehead atoms. The Balaban J connectivity index is 0.988. The highest BCUT2D eigenvalue weighted by Gasteiger charge is 2.22. The van der Waals surface area contributed by atoms with Gasteiger partial charge in [0.05, 0.1) is 22.6 Å². The van der Waals surface area contributed by atoms with Crippen LogP contribution >= 0.6 is 0 Å². The summed E-state index contributed by atoms with van der Waals surface area (Å²) in [5.41, 5.74) is 16.1. The second-order valence-corrected chi connectivity index (χ2v) is 15.6. The fourth-order valence-corrected chi connectivity index (χ4v) is 8.88. The van der Waals surface area contributed by atoms with Gasteiger partial charge in [-0.3, -0.25) is 0 Å². The zero-order chi connectivity index (χ0) is 41.0. The van der Waals surface area contributed by atoms with Gasteiger partial charge in [-0.25, -0.2) is 14.5 Å². The molecule has 0 atom stereocenters. The van der Waals surface area contributed by atoms with Crippen LogP contribution in [0.1, 0.15) is 0 Å². The average molecular weight is 793 g/mol. The Hall–Kier alpha value is -8.41. The fourth-order valence-electron chi connectivity index (χ4n) is 8.88. The van der Waals surface area contributed by atoms with Crippen LogP contribution < -0.4 is 0 Å². The third-order valence-electron chi connectivity index (χ3n) is 11.9. The molecule has 5 heteroatoms. The molecule has 12 aromatic rings. The molecular formula is C57H36N4O. The first kappa shape index (κ1) is 35.5. The van der Waals surface area contributed by atoms with Gasteiger partial charge in [-0.1, -0.05) is 194 Å². The van der Waals surface area contributed by atoms with Crippen LogP contribution in [0, 0.1) is 0 Å². The molecule has 4 heterocycles. The number of benzene rings is 8. The third kappa shape index (κ3) is 6.06. The number of fused-ring (bicyclic) bond motifs is 6. The first-order valence-corrected chi connectivity index (χ1v) is 20.9. The molecule has 0 radical (unpaired) electrons. The molecule has 0 saturated heterocycles. The average Bonchev–Trinajstić information content (AvgIpc) is 3.95. The van der Waals surface area contributed by atoms with E-state index in [-0.39, 0.29) is 0 Å². The quantitative estimate of drug-likeness (QED) is 0.161. The van der Waals surface area contributed by atoms with E-state index in [1.807, 2.05) is 36.4 Å². The van der Waals surface area contributed by atoms with E-state index in [2.05, 4.69) is 187 Å². The maximum atomic E-state index is 6.21. The molecule has 5 nitrogen and oxygen atoms in total. The topological polar surface area (TPSA) is 56.2 Å². The Morgan fingerprint density at radius 2 is 0.935 bits per heavy atom. The van der Waals surface area contributed by atoms with Crippen molar-refractivity contribution in [3.8, 4) is 78.7 Å². The smallest absolute Gasteiger partial charge is 0.160 e. The van der Waals surface area contributed by atoms with E-state index in [9.17, 15) is 0 Å². The second-order valence-electron chi connectivity index (χ2n) is 15.6. The van der Waals surface area contributed by atoms with E-state index in [0.717, 1.165) is 106 Å². The molecular weight excluding hydrogens is 757 g/mol. The molecule has 0 fully saturated rings. The molecule has 290 valence electrons. The Kier molecular flexibility index (Phi) is 8.42. The predicted molar refractivity (Wildman–Crippen MR) is 254 cm³/mol. The summed E-state index contributed by atoms with van der Waals surface area (Å²) in [5.74, 6) is 0.676. The molecule has 8 aromatic carbocycles. The van der Waals surface area contributed by atoms with Crippen molar-refractivity contribution in [2.24, 2.45) is 0 Å². The normalized spacial score (nSPS) is 11.5. The molecule has 62 heavy (non-hydrogen) atoms. The van der Waals surface area contributed by atoms with Gasteiger partial charge in [0.1, 0.15) is 16.9 Å². The van der Waals surface area contributed by atoms with Crippen LogP contribution in [0.15, 0.2) is 223 Å². The van der Waals surface area contributed by atoms with Gasteiger partial charge in [-0.15, -0.1) is 0 Å². The molecule has 0 N–H and O–H groups in total. The largest absolute Gasteiger partial charge is 0.456 e. The molecule has 0 aliphatic heterocycles. The van der Waals surface area contributed by atoms with Gasteiger partial charge in [-0.05, 0) is 46.3 Å². The van der Waals surface area contributed by atoms with Gasteiger partial charge in [0.2, 0.25) is 0 Å². The highest BCUT2D eigenvalue weighted by atomic mass is 16.3. The van der Waals surface area contributed by atoms with Crippen LogP contribution in [-0.2, 0) is 0 Å². The number of aromatic nitrogens is 4. The van der Waals surface area contributed by atoms with E-state index in [1.54, 1.807) is 0 Å². The van der Waals surface area contributed by atoms with Crippen molar-refractivity contribution in [3.63, 3.8) is 0 Å². The SMILES string of the molecule is c1ccc(-c2nc(-c3ccc(-c4cccc5oc6ccccc6c45)cc3)cc(-c3ccc(-c4c(-c5ccccc5)nn5c(-c6ccccc6)cc6ccccc6c45)cc3)n2)cc1. The lowest BCUT2D eigenvalue weighted by Gasteiger charge is -2.12. The second kappa shape index (κ2) is 14.7. The first-order chi connectivity index (χ1) is 30.7. The number of para-hydroxylation sites is 1. The number of pyridine rings is 1. The van der Waals surface area contributed by atoms with Gasteiger partial charge in [-0.2, -0.15) is 5.10 Å². The highest BCUT2D eigenvalue weighted by molar-refractivity contribution is 6.12. The summed E-state index contributed by atoms with van der Waals surface area (Å²) in [6.07, 6.45) is 0. The predicted octanol–water partition coefficient (Wildman–Crippen LogP) is 14.8. The minimum absolute atomic E-state index is 0.676. The summed E-state index contributed by atoms with van der Waals surface area (Å²) in [6, 6.07) is 76.1. The molecule has 0 spiro atoms. The minimum Gasteiger partial charge on any atom is -0.456 e.